The first-order chi connectivity index (χ1) is 27.0. The van der Waals surface area contributed by atoms with Crippen LogP contribution in [0.15, 0.2) is 0 Å². The molecule has 1 aliphatic heterocycles. The van der Waals surface area contributed by atoms with Gasteiger partial charge in [-0.1, -0.05) is 163 Å². The Bertz CT molecular complexity index is 1050. The summed E-state index contributed by atoms with van der Waals surface area (Å²) in [6.45, 7) is 7.95. The Morgan fingerprint density at radius 3 is 1.55 bits per heavy atom. The molecule has 0 aromatic rings. The number of ether oxygens (including phenoxy) is 1. The quantitative estimate of drug-likeness (QED) is 0.0353. The van der Waals surface area contributed by atoms with Gasteiger partial charge in [-0.25, -0.2) is 0 Å². The van der Waals surface area contributed by atoms with Crippen LogP contribution in [-0.4, -0.2) is 98.8 Å². The zero-order valence-electron chi connectivity index (χ0n) is 35.8. The molecule has 1 saturated heterocycles. The number of rotatable bonds is 35. The topological polar surface area (TPSA) is 186 Å². The summed E-state index contributed by atoms with van der Waals surface area (Å²) in [5, 5.41) is 46.8. The average molecular weight is 798 g/mol. The maximum Gasteiger partial charge on any atom is 0.303 e. The number of nitrogens with zero attached hydrogens (tertiary/aromatic N) is 1. The fourth-order valence-corrected chi connectivity index (χ4v) is 7.58. The summed E-state index contributed by atoms with van der Waals surface area (Å²) in [7, 11) is 0. The van der Waals surface area contributed by atoms with Gasteiger partial charge in [0.2, 0.25) is 17.7 Å². The number of carboxylic acids is 1. The standard InChI is InChI=1S/C44H83N3O9/c1-5-7-9-11-13-15-17-19-21-23-25-27-31-47(38(50)28-26-24-22-20-18-16-14-12-10-8-6-2)44-40(42(54)41(53)36(33-48)56-44)46-43(55)35(32-34(3)4)45-37(49)29-30-39(51)52/h34-36,40-42,44,48,53-54H,5-33H2,1-4H3,(H,45,49)(H,46,55)(H,51,52)/t35-,36+,40+,41+,42+,44+/m0/s1. The SMILES string of the molecule is CCCCCCCCCCCCCCN(C(=O)CCCCCCCCCCCCC)[C@@H]1O[C@H](CO)[C@@H](O)[C@H](O)[C@H]1NC(=O)[C@H](CC(C)C)NC(=O)CCC(=O)O. The molecule has 0 radical (unpaired) electrons. The lowest BCUT2D eigenvalue weighted by Crippen LogP contribution is -2.70. The Morgan fingerprint density at radius 2 is 1.11 bits per heavy atom. The van der Waals surface area contributed by atoms with Gasteiger partial charge in [-0.05, 0) is 25.2 Å². The summed E-state index contributed by atoms with van der Waals surface area (Å²) in [5.41, 5.74) is 0. The van der Waals surface area contributed by atoms with Gasteiger partial charge in [0.05, 0.1) is 13.0 Å². The van der Waals surface area contributed by atoms with Gasteiger partial charge in [-0.3, -0.25) is 19.2 Å². The molecule has 0 aromatic heterocycles. The Hall–Kier alpha value is -2.28. The van der Waals surface area contributed by atoms with Crippen molar-refractivity contribution in [2.45, 2.75) is 238 Å². The van der Waals surface area contributed by atoms with Gasteiger partial charge in [-0.2, -0.15) is 0 Å². The highest BCUT2D eigenvalue weighted by Crippen LogP contribution is 2.26. The van der Waals surface area contributed by atoms with Crippen molar-refractivity contribution in [3.63, 3.8) is 0 Å². The third-order valence-electron chi connectivity index (χ3n) is 11.0. The van der Waals surface area contributed by atoms with E-state index in [1.54, 1.807) is 4.90 Å². The van der Waals surface area contributed by atoms with E-state index < -0.39 is 61.0 Å². The molecule has 0 aromatic carbocycles. The Morgan fingerprint density at radius 1 is 0.643 bits per heavy atom. The van der Waals surface area contributed by atoms with Gasteiger partial charge in [-0.15, -0.1) is 0 Å². The summed E-state index contributed by atoms with van der Waals surface area (Å²) < 4.78 is 6.16. The van der Waals surface area contributed by atoms with E-state index >= 15 is 0 Å². The number of carbonyl (C=O) groups excluding carboxylic acids is 3. The Balaban J connectivity index is 3.03. The van der Waals surface area contributed by atoms with E-state index in [-0.39, 0.29) is 37.5 Å². The maximum absolute atomic E-state index is 14.0. The molecule has 56 heavy (non-hydrogen) atoms. The van der Waals surface area contributed by atoms with Crippen molar-refractivity contribution in [3.05, 3.63) is 0 Å². The molecule has 0 saturated carbocycles. The largest absolute Gasteiger partial charge is 0.481 e. The molecule has 12 nitrogen and oxygen atoms in total. The molecule has 0 aliphatic carbocycles. The summed E-state index contributed by atoms with van der Waals surface area (Å²) in [5.74, 6) is -2.56. The van der Waals surface area contributed by atoms with Gasteiger partial charge < -0.3 is 40.7 Å². The molecule has 0 spiro atoms. The third kappa shape index (κ3) is 23.2. The molecule has 1 heterocycles. The van der Waals surface area contributed by atoms with Crippen LogP contribution in [0.3, 0.4) is 0 Å². The van der Waals surface area contributed by atoms with Crippen molar-refractivity contribution in [1.29, 1.82) is 0 Å². The number of unbranched alkanes of at least 4 members (excludes halogenated alkanes) is 21. The average Bonchev–Trinajstić information content (AvgIpc) is 3.16. The number of amides is 3. The molecule has 0 bridgehead atoms. The zero-order valence-corrected chi connectivity index (χ0v) is 35.8. The van der Waals surface area contributed by atoms with Crippen LogP contribution >= 0.6 is 0 Å². The molecule has 6 atom stereocenters. The molecule has 1 rings (SSSR count). The van der Waals surface area contributed by atoms with Crippen molar-refractivity contribution in [2.75, 3.05) is 13.2 Å². The van der Waals surface area contributed by atoms with Crippen molar-refractivity contribution < 1.29 is 44.3 Å². The fraction of sp³-hybridized carbons (Fsp3) is 0.909. The van der Waals surface area contributed by atoms with Crippen molar-refractivity contribution >= 4 is 23.7 Å². The number of aliphatic hydroxyl groups excluding tert-OH is 3. The molecule has 1 aliphatic rings. The van der Waals surface area contributed by atoms with E-state index in [4.69, 9.17) is 9.84 Å². The van der Waals surface area contributed by atoms with E-state index in [2.05, 4.69) is 24.5 Å². The first kappa shape index (κ1) is 51.7. The smallest absolute Gasteiger partial charge is 0.303 e. The molecule has 1 fully saturated rings. The second-order valence-electron chi connectivity index (χ2n) is 16.7. The number of aliphatic carboxylic acids is 1. The summed E-state index contributed by atoms with van der Waals surface area (Å²) >= 11 is 0. The highest BCUT2D eigenvalue weighted by Gasteiger charge is 2.48. The number of carboxylic acid groups (broad SMARTS) is 1. The van der Waals surface area contributed by atoms with Gasteiger partial charge >= 0.3 is 5.97 Å². The van der Waals surface area contributed by atoms with Gasteiger partial charge in [0.15, 0.2) is 6.23 Å². The van der Waals surface area contributed by atoms with E-state index in [9.17, 15) is 34.5 Å². The number of carbonyl (C=O) groups is 4. The highest BCUT2D eigenvalue weighted by atomic mass is 16.5. The summed E-state index contributed by atoms with van der Waals surface area (Å²) in [6, 6.07) is -2.29. The van der Waals surface area contributed by atoms with E-state index in [1.165, 1.54) is 96.3 Å². The van der Waals surface area contributed by atoms with Crippen LogP contribution in [0, 0.1) is 5.92 Å². The maximum atomic E-state index is 14.0. The monoisotopic (exact) mass is 798 g/mol. The van der Waals surface area contributed by atoms with Crippen LogP contribution in [0.2, 0.25) is 0 Å². The Kier molecular flexibility index (Phi) is 30.2. The van der Waals surface area contributed by atoms with E-state index in [0.29, 0.717) is 19.4 Å². The second kappa shape index (κ2) is 32.7. The zero-order chi connectivity index (χ0) is 41.6. The molecule has 328 valence electrons. The van der Waals surface area contributed by atoms with Crippen molar-refractivity contribution in [2.24, 2.45) is 5.92 Å². The molecule has 12 heteroatoms. The van der Waals surface area contributed by atoms with E-state index in [0.717, 1.165) is 38.5 Å². The lowest BCUT2D eigenvalue weighted by molar-refractivity contribution is -0.231. The lowest BCUT2D eigenvalue weighted by Gasteiger charge is -2.47. The lowest BCUT2D eigenvalue weighted by atomic mass is 9.94. The van der Waals surface area contributed by atoms with Crippen LogP contribution < -0.4 is 10.6 Å². The van der Waals surface area contributed by atoms with Crippen LogP contribution in [0.25, 0.3) is 0 Å². The molecule has 0 unspecified atom stereocenters. The first-order valence-corrected chi connectivity index (χ1v) is 22.7. The fourth-order valence-electron chi connectivity index (χ4n) is 7.58. The number of hydrogen-bond acceptors (Lipinski definition) is 8. The molecular formula is C44H83N3O9. The van der Waals surface area contributed by atoms with Crippen LogP contribution in [0.5, 0.6) is 0 Å². The van der Waals surface area contributed by atoms with Gasteiger partial charge in [0.1, 0.15) is 30.4 Å². The number of aliphatic hydroxyl groups is 3. The highest BCUT2D eigenvalue weighted by molar-refractivity contribution is 5.89. The van der Waals surface area contributed by atoms with Gasteiger partial charge in [0.25, 0.3) is 0 Å². The summed E-state index contributed by atoms with van der Waals surface area (Å²) in [6.07, 6.45) is 20.9. The van der Waals surface area contributed by atoms with Crippen molar-refractivity contribution in [1.82, 2.24) is 15.5 Å². The second-order valence-corrected chi connectivity index (χ2v) is 16.7. The van der Waals surface area contributed by atoms with Crippen LogP contribution in [0.1, 0.15) is 201 Å². The number of hydrogen-bond donors (Lipinski definition) is 6. The van der Waals surface area contributed by atoms with Crippen LogP contribution in [-0.2, 0) is 23.9 Å². The number of nitrogens with one attached hydrogen (secondary N) is 2. The molecular weight excluding hydrogens is 714 g/mol. The first-order valence-electron chi connectivity index (χ1n) is 22.7. The summed E-state index contributed by atoms with van der Waals surface area (Å²) in [4.78, 5) is 53.0. The minimum absolute atomic E-state index is 0.0205. The van der Waals surface area contributed by atoms with E-state index in [1.807, 2.05) is 13.8 Å². The van der Waals surface area contributed by atoms with Crippen LogP contribution in [0.4, 0.5) is 0 Å². The predicted octanol–water partition coefficient (Wildman–Crippen LogP) is 7.54. The van der Waals surface area contributed by atoms with Crippen molar-refractivity contribution in [3.8, 4) is 0 Å². The van der Waals surface area contributed by atoms with Gasteiger partial charge in [0, 0.05) is 19.4 Å². The normalized spacial score (nSPS) is 20.2. The predicted molar refractivity (Wildman–Crippen MR) is 222 cm³/mol. The molecule has 6 N–H and O–H groups in total. The Labute approximate surface area is 339 Å². The molecule has 3 amide bonds. The minimum Gasteiger partial charge on any atom is -0.481 e. The minimum atomic E-state index is -1.57. The third-order valence-corrected chi connectivity index (χ3v) is 11.0.